The molecule has 1 aliphatic rings. The molecule has 2 heterocycles. The maximum Gasteiger partial charge on any atom is 0.243 e. The largest absolute Gasteiger partial charge is 0.497 e. The summed E-state index contributed by atoms with van der Waals surface area (Å²) in [5.41, 5.74) is 3.93. The first-order valence-corrected chi connectivity index (χ1v) is 15.1. The van der Waals surface area contributed by atoms with Crippen molar-refractivity contribution in [1.29, 1.82) is 0 Å². The zero-order chi connectivity index (χ0) is 31.6. The molecule has 0 spiro atoms. The monoisotopic (exact) mass is 617 g/mol. The van der Waals surface area contributed by atoms with Gasteiger partial charge in [-0.05, 0) is 67.3 Å². The van der Waals surface area contributed by atoms with Gasteiger partial charge in [0.1, 0.15) is 18.0 Å². The van der Waals surface area contributed by atoms with Gasteiger partial charge >= 0.3 is 0 Å². The Balaban J connectivity index is 0.00000119. The highest BCUT2D eigenvalue weighted by molar-refractivity contribution is 7.89. The molecule has 0 unspecified atom stereocenters. The average molecular weight is 618 g/mol. The summed E-state index contributed by atoms with van der Waals surface area (Å²) in [6.07, 6.45) is 2.53. The zero-order valence-corrected chi connectivity index (χ0v) is 25.6. The van der Waals surface area contributed by atoms with Crippen LogP contribution in [0.25, 0.3) is 10.9 Å². The second kappa shape index (κ2) is 15.4. The van der Waals surface area contributed by atoms with E-state index < -0.39 is 10.0 Å². The minimum absolute atomic E-state index is 0.0607. The number of hydroxylamine groups is 1. The summed E-state index contributed by atoms with van der Waals surface area (Å²) < 4.78 is 40.9. The molecule has 0 bridgehead atoms. The van der Waals surface area contributed by atoms with E-state index in [1.807, 2.05) is 22.8 Å². The molecule has 0 saturated carbocycles. The van der Waals surface area contributed by atoms with Gasteiger partial charge in [-0.15, -0.1) is 0 Å². The summed E-state index contributed by atoms with van der Waals surface area (Å²) in [6, 6.07) is 12.1. The van der Waals surface area contributed by atoms with Crippen molar-refractivity contribution in [2.24, 2.45) is 0 Å². The van der Waals surface area contributed by atoms with Crippen LogP contribution in [0.4, 0.5) is 0 Å². The molecule has 43 heavy (non-hydrogen) atoms. The molecule has 13 nitrogen and oxygen atoms in total. The molecule has 3 amide bonds. The minimum atomic E-state index is -3.75. The smallest absolute Gasteiger partial charge is 0.243 e. The van der Waals surface area contributed by atoms with Crippen molar-refractivity contribution in [3.05, 3.63) is 53.7 Å². The number of sulfonamides is 1. The summed E-state index contributed by atoms with van der Waals surface area (Å²) in [6.45, 7) is 1.01. The number of hydrogen-bond donors (Lipinski definition) is 3. The molecule has 0 aliphatic carbocycles. The van der Waals surface area contributed by atoms with E-state index in [9.17, 15) is 18.0 Å². The van der Waals surface area contributed by atoms with Crippen LogP contribution in [0, 0.1) is 0 Å². The van der Waals surface area contributed by atoms with Gasteiger partial charge < -0.3 is 24.3 Å². The summed E-state index contributed by atoms with van der Waals surface area (Å²) in [5, 5.41) is 11.2. The van der Waals surface area contributed by atoms with E-state index in [1.54, 1.807) is 50.4 Å². The second-order valence-corrected chi connectivity index (χ2v) is 11.9. The molecule has 3 aromatic rings. The lowest BCUT2D eigenvalue weighted by Crippen LogP contribution is -2.37. The van der Waals surface area contributed by atoms with Crippen LogP contribution in [0.15, 0.2) is 47.4 Å². The molecule has 1 aliphatic heterocycles. The van der Waals surface area contributed by atoms with Crippen LogP contribution in [0.5, 0.6) is 11.5 Å². The average Bonchev–Trinajstić information content (AvgIpc) is 3.32. The number of unbranched alkanes of at least 4 members (excludes halogenated alkanes) is 1. The normalized spacial score (nSPS) is 12.9. The SMILES string of the molecule is COc1ccc(S(=O)(=O)N2CCc3c(n(CC(=O)NCCCCC(=O)N(C)C)c4ccc(OC)cc34)C2)cc1.O=CNO. The molecule has 3 N–H and O–H groups in total. The summed E-state index contributed by atoms with van der Waals surface area (Å²) in [5.74, 6) is 1.18. The lowest BCUT2D eigenvalue weighted by Gasteiger charge is -2.28. The van der Waals surface area contributed by atoms with Crippen molar-refractivity contribution in [3.63, 3.8) is 0 Å². The maximum atomic E-state index is 13.5. The Bertz CT molecular complexity index is 1520. The number of rotatable bonds is 12. The Morgan fingerprint density at radius 3 is 2.30 bits per heavy atom. The number of benzene rings is 2. The van der Waals surface area contributed by atoms with Crippen LogP contribution in [0.3, 0.4) is 0 Å². The van der Waals surface area contributed by atoms with Gasteiger partial charge in [-0.2, -0.15) is 4.31 Å². The number of fused-ring (bicyclic) bond motifs is 3. The molecule has 14 heteroatoms. The van der Waals surface area contributed by atoms with Crippen molar-refractivity contribution in [3.8, 4) is 11.5 Å². The second-order valence-electron chi connectivity index (χ2n) is 10.0. The van der Waals surface area contributed by atoms with Crippen LogP contribution < -0.4 is 20.3 Å². The van der Waals surface area contributed by atoms with Crippen LogP contribution in [-0.2, 0) is 43.9 Å². The first-order chi connectivity index (χ1) is 20.6. The van der Waals surface area contributed by atoms with Crippen LogP contribution in [0.2, 0.25) is 0 Å². The minimum Gasteiger partial charge on any atom is -0.497 e. The molecule has 234 valence electrons. The predicted octanol–water partition coefficient (Wildman–Crippen LogP) is 1.90. The lowest BCUT2D eigenvalue weighted by atomic mass is 10.0. The van der Waals surface area contributed by atoms with Crippen molar-refractivity contribution in [1.82, 2.24) is 24.6 Å². The third-order valence-electron chi connectivity index (χ3n) is 7.12. The third kappa shape index (κ3) is 8.24. The fourth-order valence-corrected chi connectivity index (χ4v) is 6.26. The molecule has 0 fully saturated rings. The van der Waals surface area contributed by atoms with E-state index >= 15 is 0 Å². The lowest BCUT2D eigenvalue weighted by molar-refractivity contribution is -0.128. The van der Waals surface area contributed by atoms with Gasteiger partial charge in [0.2, 0.25) is 28.2 Å². The van der Waals surface area contributed by atoms with E-state index in [2.05, 4.69) is 5.32 Å². The molecular formula is C29H39N5O8S. The van der Waals surface area contributed by atoms with Gasteiger partial charge in [-0.3, -0.25) is 19.6 Å². The topological polar surface area (TPSA) is 160 Å². The van der Waals surface area contributed by atoms with Crippen LogP contribution in [-0.4, -0.2) is 87.0 Å². The fourth-order valence-electron chi connectivity index (χ4n) is 4.86. The number of aromatic nitrogens is 1. The third-order valence-corrected chi connectivity index (χ3v) is 8.98. The highest BCUT2D eigenvalue weighted by atomic mass is 32.2. The van der Waals surface area contributed by atoms with E-state index in [-0.39, 0.29) is 36.2 Å². The number of nitrogens with zero attached hydrogens (tertiary/aromatic N) is 3. The Kier molecular flexibility index (Phi) is 11.9. The van der Waals surface area contributed by atoms with Crippen LogP contribution >= 0.6 is 0 Å². The standard InChI is InChI=1S/C28H36N4O6S.CH3NO2/c1-30(2)28(34)7-5-6-15-29-27(33)19-32-25-13-10-21(38-4)17-24(25)23-14-16-31(18-26(23)32)39(35,36)22-11-8-20(37-3)9-12-22;3-1-2-4/h8-13,17H,5-7,14-16,18-19H2,1-4H3,(H,29,33);1,4H,(H,2,3). The van der Waals surface area contributed by atoms with Gasteiger partial charge in [0.25, 0.3) is 0 Å². The number of amides is 3. The maximum absolute atomic E-state index is 13.5. The Morgan fingerprint density at radius 2 is 1.70 bits per heavy atom. The summed E-state index contributed by atoms with van der Waals surface area (Å²) in [7, 11) is 2.84. The number of hydrogen-bond acceptors (Lipinski definition) is 8. The predicted molar refractivity (Wildman–Crippen MR) is 159 cm³/mol. The first-order valence-electron chi connectivity index (χ1n) is 13.7. The van der Waals surface area contributed by atoms with Crippen molar-refractivity contribution in [2.75, 3.05) is 41.4 Å². The molecule has 0 radical (unpaired) electrons. The van der Waals surface area contributed by atoms with Crippen LogP contribution in [0.1, 0.15) is 30.5 Å². The van der Waals surface area contributed by atoms with Crippen molar-refractivity contribution < 1.29 is 37.5 Å². The van der Waals surface area contributed by atoms with Gasteiger partial charge in [0, 0.05) is 50.2 Å². The number of nitrogens with one attached hydrogen (secondary N) is 2. The van der Waals surface area contributed by atoms with E-state index in [1.165, 1.54) is 16.9 Å². The molecule has 1 aromatic heterocycles. The number of ether oxygens (including phenoxy) is 2. The van der Waals surface area contributed by atoms with Crippen molar-refractivity contribution in [2.45, 2.75) is 43.7 Å². The molecule has 0 atom stereocenters. The highest BCUT2D eigenvalue weighted by Crippen LogP contribution is 2.35. The number of carbonyl (C=O) groups is 3. The van der Waals surface area contributed by atoms with E-state index in [0.717, 1.165) is 22.2 Å². The van der Waals surface area contributed by atoms with E-state index in [0.29, 0.717) is 50.3 Å². The Labute approximate surface area is 251 Å². The van der Waals surface area contributed by atoms with Gasteiger partial charge in [0.05, 0.1) is 25.7 Å². The first kappa shape index (κ1) is 33.4. The number of methoxy groups -OCH3 is 2. The molecule has 0 saturated heterocycles. The fraction of sp³-hybridized carbons (Fsp3) is 0.414. The molecule has 4 rings (SSSR count). The quantitative estimate of drug-likeness (QED) is 0.120. The van der Waals surface area contributed by atoms with Gasteiger partial charge in [-0.25, -0.2) is 13.9 Å². The summed E-state index contributed by atoms with van der Waals surface area (Å²) in [4.78, 5) is 35.3. The zero-order valence-electron chi connectivity index (χ0n) is 24.8. The van der Waals surface area contributed by atoms with Crippen molar-refractivity contribution >= 4 is 39.2 Å². The molecular weight excluding hydrogens is 578 g/mol. The van der Waals surface area contributed by atoms with E-state index in [4.69, 9.17) is 19.5 Å². The Morgan fingerprint density at radius 1 is 1.05 bits per heavy atom. The van der Waals surface area contributed by atoms with Gasteiger partial charge in [-0.1, -0.05) is 0 Å². The number of carbonyl (C=O) groups excluding carboxylic acids is 3. The highest BCUT2D eigenvalue weighted by Gasteiger charge is 2.32. The summed E-state index contributed by atoms with van der Waals surface area (Å²) >= 11 is 0. The van der Waals surface area contributed by atoms with Gasteiger partial charge in [0.15, 0.2) is 0 Å². The Hall–Kier alpha value is -4.14. The molecule has 2 aromatic carbocycles.